The predicted molar refractivity (Wildman–Crippen MR) is 92.9 cm³/mol. The van der Waals surface area contributed by atoms with Crippen LogP contribution in [-0.4, -0.2) is 11.1 Å². The molecule has 1 N–H and O–H groups in total. The third-order valence-electron chi connectivity index (χ3n) is 3.88. The second kappa shape index (κ2) is 9.04. The summed E-state index contributed by atoms with van der Waals surface area (Å²) >= 11 is 0. The van der Waals surface area contributed by atoms with Crippen molar-refractivity contribution in [3.05, 3.63) is 54.1 Å². The van der Waals surface area contributed by atoms with Gasteiger partial charge in [0, 0.05) is 6.42 Å². The lowest BCUT2D eigenvalue weighted by Gasteiger charge is -2.02. The summed E-state index contributed by atoms with van der Waals surface area (Å²) in [5.41, 5.74) is 1.28. The third kappa shape index (κ3) is 5.36. The molecule has 0 unspecified atom stereocenters. The zero-order valence-corrected chi connectivity index (χ0v) is 13.0. The van der Waals surface area contributed by atoms with Gasteiger partial charge in [-0.1, -0.05) is 73.9 Å². The van der Waals surface area contributed by atoms with E-state index in [-0.39, 0.29) is 0 Å². The van der Waals surface area contributed by atoms with Crippen LogP contribution in [0.3, 0.4) is 0 Å². The summed E-state index contributed by atoms with van der Waals surface area (Å²) in [4.78, 5) is 10.4. The summed E-state index contributed by atoms with van der Waals surface area (Å²) in [6, 6.07) is 14.9. The molecule has 22 heavy (non-hydrogen) atoms. The lowest BCUT2D eigenvalue weighted by molar-refractivity contribution is -0.137. The van der Waals surface area contributed by atoms with E-state index in [1.165, 1.54) is 29.2 Å². The molecule has 0 saturated carbocycles. The minimum atomic E-state index is -0.682. The maximum Gasteiger partial charge on any atom is 0.303 e. The first-order valence-electron chi connectivity index (χ1n) is 8.13. The number of carboxylic acids is 1. The van der Waals surface area contributed by atoms with E-state index in [9.17, 15) is 4.79 Å². The first-order valence-corrected chi connectivity index (χ1v) is 8.13. The number of hydrogen-bond acceptors (Lipinski definition) is 1. The highest BCUT2D eigenvalue weighted by molar-refractivity contribution is 5.90. The average Bonchev–Trinajstić information content (AvgIpc) is 2.53. The van der Waals surface area contributed by atoms with Gasteiger partial charge in [-0.3, -0.25) is 4.79 Å². The van der Waals surface area contributed by atoms with Crippen LogP contribution in [0.15, 0.2) is 48.5 Å². The van der Waals surface area contributed by atoms with Gasteiger partial charge >= 0.3 is 5.97 Å². The van der Waals surface area contributed by atoms with Crippen LogP contribution in [-0.2, 0) is 4.79 Å². The van der Waals surface area contributed by atoms with E-state index in [0.717, 1.165) is 25.7 Å². The number of rotatable bonds is 9. The Morgan fingerprint density at radius 1 is 0.909 bits per heavy atom. The SMILES string of the molecule is O=C(O)CCCCCCC/C=C/c1cccc2ccccc12. The number of allylic oxidation sites excluding steroid dienone is 1. The smallest absolute Gasteiger partial charge is 0.303 e. The molecular formula is C20H24O2. The molecule has 0 fully saturated rings. The van der Waals surface area contributed by atoms with Gasteiger partial charge in [0.2, 0.25) is 0 Å². The Labute approximate surface area is 132 Å². The van der Waals surface area contributed by atoms with Gasteiger partial charge in [0.05, 0.1) is 0 Å². The molecule has 0 bridgehead atoms. The van der Waals surface area contributed by atoms with Gasteiger partial charge in [-0.25, -0.2) is 0 Å². The first kappa shape index (κ1) is 16.3. The van der Waals surface area contributed by atoms with E-state index in [2.05, 4.69) is 54.6 Å². The second-order valence-electron chi connectivity index (χ2n) is 5.67. The van der Waals surface area contributed by atoms with Gasteiger partial charge in [0.15, 0.2) is 0 Å². The van der Waals surface area contributed by atoms with E-state index in [0.29, 0.717) is 6.42 Å². The Bertz CT molecular complexity index is 623. The maximum absolute atomic E-state index is 10.4. The number of hydrogen-bond donors (Lipinski definition) is 1. The topological polar surface area (TPSA) is 37.3 Å². The Morgan fingerprint density at radius 2 is 1.64 bits per heavy atom. The van der Waals surface area contributed by atoms with E-state index in [1.807, 2.05) is 0 Å². The molecule has 0 aliphatic carbocycles. The van der Waals surface area contributed by atoms with Crippen molar-refractivity contribution in [2.24, 2.45) is 0 Å². The lowest BCUT2D eigenvalue weighted by Crippen LogP contribution is -1.93. The van der Waals surface area contributed by atoms with Gasteiger partial charge in [0.25, 0.3) is 0 Å². The van der Waals surface area contributed by atoms with Crippen molar-refractivity contribution in [1.82, 2.24) is 0 Å². The minimum absolute atomic E-state index is 0.307. The average molecular weight is 296 g/mol. The van der Waals surface area contributed by atoms with E-state index < -0.39 is 5.97 Å². The van der Waals surface area contributed by atoms with Gasteiger partial charge in [0.1, 0.15) is 0 Å². The molecule has 0 aromatic heterocycles. The van der Waals surface area contributed by atoms with Crippen molar-refractivity contribution in [3.8, 4) is 0 Å². The van der Waals surface area contributed by atoms with Gasteiger partial charge < -0.3 is 5.11 Å². The molecule has 2 heteroatoms. The molecule has 2 rings (SSSR count). The molecule has 0 atom stereocenters. The molecular weight excluding hydrogens is 272 g/mol. The van der Waals surface area contributed by atoms with Crippen LogP contribution in [0.4, 0.5) is 0 Å². The fraction of sp³-hybridized carbons (Fsp3) is 0.350. The monoisotopic (exact) mass is 296 g/mol. The van der Waals surface area contributed by atoms with E-state index >= 15 is 0 Å². The van der Waals surface area contributed by atoms with Crippen molar-refractivity contribution in [1.29, 1.82) is 0 Å². The Kier molecular flexibility index (Phi) is 6.69. The van der Waals surface area contributed by atoms with Crippen LogP contribution < -0.4 is 0 Å². The van der Waals surface area contributed by atoms with Crippen molar-refractivity contribution >= 4 is 22.8 Å². The molecule has 116 valence electrons. The maximum atomic E-state index is 10.4. The zero-order valence-electron chi connectivity index (χ0n) is 13.0. The predicted octanol–water partition coefficient (Wildman–Crippen LogP) is 5.67. The number of carbonyl (C=O) groups is 1. The fourth-order valence-electron chi connectivity index (χ4n) is 2.67. The first-order chi connectivity index (χ1) is 10.8. The largest absolute Gasteiger partial charge is 0.481 e. The number of benzene rings is 2. The molecule has 0 aliphatic rings. The molecule has 0 saturated heterocycles. The molecule has 0 heterocycles. The van der Waals surface area contributed by atoms with Crippen LogP contribution in [0.1, 0.15) is 50.5 Å². The standard InChI is InChI=1S/C20H24O2/c21-20(22)16-7-5-3-1-2-4-6-11-17-13-10-14-18-12-8-9-15-19(17)18/h6,8-15H,1-5,7,16H2,(H,21,22)/b11-6+. The Hall–Kier alpha value is -2.09. The van der Waals surface area contributed by atoms with Gasteiger partial charge in [-0.2, -0.15) is 0 Å². The highest BCUT2D eigenvalue weighted by Gasteiger charge is 1.97. The van der Waals surface area contributed by atoms with Crippen molar-refractivity contribution in [2.45, 2.75) is 44.9 Å². The Balaban J connectivity index is 1.70. The molecule has 0 aliphatic heterocycles. The third-order valence-corrected chi connectivity index (χ3v) is 3.88. The summed E-state index contributed by atoms with van der Waals surface area (Å²) < 4.78 is 0. The quantitative estimate of drug-likeness (QED) is 0.605. The van der Waals surface area contributed by atoms with Crippen molar-refractivity contribution < 1.29 is 9.90 Å². The summed E-state index contributed by atoms with van der Waals surface area (Å²) in [6.45, 7) is 0. The number of unbranched alkanes of at least 4 members (excludes halogenated alkanes) is 5. The summed E-state index contributed by atoms with van der Waals surface area (Å²) in [7, 11) is 0. The highest BCUT2D eigenvalue weighted by atomic mass is 16.4. The lowest BCUT2D eigenvalue weighted by atomic mass is 10.0. The van der Waals surface area contributed by atoms with Gasteiger partial charge in [-0.05, 0) is 35.6 Å². The summed E-state index contributed by atoms with van der Waals surface area (Å²) in [6.07, 6.45) is 11.2. The fourth-order valence-corrected chi connectivity index (χ4v) is 2.67. The molecule has 2 nitrogen and oxygen atoms in total. The minimum Gasteiger partial charge on any atom is -0.481 e. The summed E-state index contributed by atoms with van der Waals surface area (Å²) in [5.74, 6) is -0.682. The Morgan fingerprint density at radius 3 is 2.50 bits per heavy atom. The molecule has 0 radical (unpaired) electrons. The van der Waals surface area contributed by atoms with Crippen LogP contribution in [0.25, 0.3) is 16.8 Å². The van der Waals surface area contributed by atoms with Crippen molar-refractivity contribution in [3.63, 3.8) is 0 Å². The van der Waals surface area contributed by atoms with Crippen LogP contribution in [0.5, 0.6) is 0 Å². The zero-order chi connectivity index (χ0) is 15.6. The molecule has 0 amide bonds. The number of fused-ring (bicyclic) bond motifs is 1. The second-order valence-corrected chi connectivity index (χ2v) is 5.67. The molecule has 2 aromatic carbocycles. The number of carboxylic acid groups (broad SMARTS) is 1. The molecule has 0 spiro atoms. The van der Waals surface area contributed by atoms with Gasteiger partial charge in [-0.15, -0.1) is 0 Å². The van der Waals surface area contributed by atoms with Crippen LogP contribution in [0.2, 0.25) is 0 Å². The van der Waals surface area contributed by atoms with Crippen molar-refractivity contribution in [2.75, 3.05) is 0 Å². The number of aliphatic carboxylic acids is 1. The van der Waals surface area contributed by atoms with Crippen LogP contribution >= 0.6 is 0 Å². The van der Waals surface area contributed by atoms with E-state index in [1.54, 1.807) is 0 Å². The van der Waals surface area contributed by atoms with E-state index in [4.69, 9.17) is 5.11 Å². The molecule has 2 aromatic rings. The van der Waals surface area contributed by atoms with Crippen LogP contribution in [0, 0.1) is 0 Å². The normalized spacial score (nSPS) is 11.3. The summed E-state index contributed by atoms with van der Waals surface area (Å²) in [5, 5.41) is 11.1. The highest BCUT2D eigenvalue weighted by Crippen LogP contribution is 2.20.